The van der Waals surface area contributed by atoms with Crippen molar-refractivity contribution in [3.63, 3.8) is 0 Å². The number of aryl methyl sites for hydroxylation is 2. The normalized spacial score (nSPS) is 11.1. The van der Waals surface area contributed by atoms with Gasteiger partial charge in [0.25, 0.3) is 10.0 Å². The third-order valence-electron chi connectivity index (χ3n) is 3.28. The molecule has 0 spiro atoms. The fourth-order valence-corrected chi connectivity index (χ4v) is 3.49. The van der Waals surface area contributed by atoms with Gasteiger partial charge in [0.05, 0.1) is 17.1 Å². The average molecular weight is 333 g/mol. The molecule has 6 heteroatoms. The maximum Gasteiger partial charge on any atom is 0.338 e. The van der Waals surface area contributed by atoms with Gasteiger partial charge < -0.3 is 4.74 Å². The summed E-state index contributed by atoms with van der Waals surface area (Å²) in [7, 11) is -3.68. The van der Waals surface area contributed by atoms with Gasteiger partial charge in [-0.05, 0) is 62.2 Å². The molecule has 5 nitrogen and oxygen atoms in total. The quantitative estimate of drug-likeness (QED) is 0.852. The summed E-state index contributed by atoms with van der Waals surface area (Å²) in [6, 6.07) is 11.4. The van der Waals surface area contributed by atoms with Crippen LogP contribution in [0, 0.1) is 13.8 Å². The Kier molecular flexibility index (Phi) is 5.05. The van der Waals surface area contributed by atoms with Gasteiger partial charge in [-0.25, -0.2) is 13.2 Å². The fraction of sp³-hybridized carbons (Fsp3) is 0.235. The molecule has 0 heterocycles. The number of carbonyl (C=O) groups is 1. The molecular weight excluding hydrogens is 314 g/mol. The van der Waals surface area contributed by atoms with Crippen LogP contribution in [0.3, 0.4) is 0 Å². The highest BCUT2D eigenvalue weighted by atomic mass is 32.2. The van der Waals surface area contributed by atoms with Crippen LogP contribution in [0.1, 0.15) is 28.4 Å². The predicted octanol–water partition coefficient (Wildman–Crippen LogP) is 3.28. The molecule has 1 N–H and O–H groups in total. The molecule has 0 atom stereocenters. The average Bonchev–Trinajstić information content (AvgIpc) is 2.50. The van der Waals surface area contributed by atoms with Crippen LogP contribution < -0.4 is 4.72 Å². The van der Waals surface area contributed by atoms with Crippen molar-refractivity contribution < 1.29 is 17.9 Å². The number of hydrogen-bond acceptors (Lipinski definition) is 4. The lowest BCUT2D eigenvalue weighted by molar-refractivity contribution is 0.0526. The highest BCUT2D eigenvalue weighted by molar-refractivity contribution is 7.92. The molecule has 2 rings (SSSR count). The van der Waals surface area contributed by atoms with E-state index in [4.69, 9.17) is 4.74 Å². The topological polar surface area (TPSA) is 72.5 Å². The number of anilines is 1. The Morgan fingerprint density at radius 1 is 1.09 bits per heavy atom. The predicted molar refractivity (Wildman–Crippen MR) is 89.1 cm³/mol. The Bertz CT molecular complexity index is 811. The zero-order valence-electron chi connectivity index (χ0n) is 13.3. The first kappa shape index (κ1) is 17.0. The van der Waals surface area contributed by atoms with Crippen molar-refractivity contribution in [2.75, 3.05) is 11.3 Å². The summed E-state index contributed by atoms with van der Waals surface area (Å²) in [6.45, 7) is 5.61. The lowest BCUT2D eigenvalue weighted by Crippen LogP contribution is -2.14. The van der Waals surface area contributed by atoms with E-state index in [0.717, 1.165) is 5.56 Å². The van der Waals surface area contributed by atoms with Gasteiger partial charge in [0.1, 0.15) is 0 Å². The molecule has 0 bridgehead atoms. The molecule has 2 aromatic rings. The largest absolute Gasteiger partial charge is 0.462 e. The number of ether oxygens (including phenoxy) is 1. The van der Waals surface area contributed by atoms with Gasteiger partial charge in [-0.3, -0.25) is 4.72 Å². The molecule has 2 aromatic carbocycles. The smallest absolute Gasteiger partial charge is 0.338 e. The molecule has 0 saturated carbocycles. The number of nitrogens with one attached hydrogen (secondary N) is 1. The van der Waals surface area contributed by atoms with Crippen molar-refractivity contribution in [3.8, 4) is 0 Å². The van der Waals surface area contributed by atoms with Crippen molar-refractivity contribution in [1.82, 2.24) is 0 Å². The summed E-state index contributed by atoms with van der Waals surface area (Å²) in [5.74, 6) is -0.434. The summed E-state index contributed by atoms with van der Waals surface area (Å²) in [6.07, 6.45) is 0. The van der Waals surface area contributed by atoms with E-state index in [-0.39, 0.29) is 4.90 Å². The minimum atomic E-state index is -3.68. The second kappa shape index (κ2) is 6.83. The molecule has 0 aliphatic heterocycles. The summed E-state index contributed by atoms with van der Waals surface area (Å²) in [5, 5.41) is 0. The van der Waals surface area contributed by atoms with E-state index in [0.29, 0.717) is 23.4 Å². The third-order valence-corrected chi connectivity index (χ3v) is 4.80. The van der Waals surface area contributed by atoms with Crippen LogP contribution in [0.25, 0.3) is 0 Å². The van der Waals surface area contributed by atoms with Crippen molar-refractivity contribution >= 4 is 21.7 Å². The first-order chi connectivity index (χ1) is 10.8. The number of carbonyl (C=O) groups excluding carboxylic acids is 1. The standard InChI is InChI=1S/C17H19NO4S/c1-4-22-17(19)14-7-9-15(10-8-14)18-23(20,21)16-11-12(2)5-6-13(16)3/h5-11,18H,4H2,1-3H3. The van der Waals surface area contributed by atoms with E-state index >= 15 is 0 Å². The zero-order valence-corrected chi connectivity index (χ0v) is 14.1. The van der Waals surface area contributed by atoms with Crippen LogP contribution in [0.4, 0.5) is 5.69 Å². The van der Waals surface area contributed by atoms with E-state index in [1.165, 1.54) is 24.3 Å². The Morgan fingerprint density at radius 2 is 1.74 bits per heavy atom. The zero-order chi connectivity index (χ0) is 17.0. The molecular formula is C17H19NO4S. The number of rotatable bonds is 5. The van der Waals surface area contributed by atoms with Crippen molar-refractivity contribution in [2.45, 2.75) is 25.7 Å². The van der Waals surface area contributed by atoms with Gasteiger partial charge in [-0.1, -0.05) is 12.1 Å². The monoisotopic (exact) mass is 333 g/mol. The van der Waals surface area contributed by atoms with E-state index in [1.54, 1.807) is 26.0 Å². The molecule has 23 heavy (non-hydrogen) atoms. The molecule has 0 saturated heterocycles. The van der Waals surface area contributed by atoms with Gasteiger partial charge in [0.2, 0.25) is 0 Å². The van der Waals surface area contributed by atoms with E-state index in [9.17, 15) is 13.2 Å². The lowest BCUT2D eigenvalue weighted by Gasteiger charge is -2.11. The van der Waals surface area contributed by atoms with Crippen LogP contribution in [0.15, 0.2) is 47.4 Å². The van der Waals surface area contributed by atoms with E-state index in [2.05, 4.69) is 4.72 Å². The summed E-state index contributed by atoms with van der Waals surface area (Å²) < 4.78 is 32.4. The molecule has 0 aliphatic carbocycles. The van der Waals surface area contributed by atoms with Gasteiger partial charge >= 0.3 is 5.97 Å². The maximum atomic E-state index is 12.5. The highest BCUT2D eigenvalue weighted by Crippen LogP contribution is 2.21. The lowest BCUT2D eigenvalue weighted by atomic mass is 10.2. The van der Waals surface area contributed by atoms with Crippen LogP contribution in [0.5, 0.6) is 0 Å². The van der Waals surface area contributed by atoms with E-state index in [1.807, 2.05) is 13.0 Å². The fourth-order valence-electron chi connectivity index (χ4n) is 2.10. The second-order valence-electron chi connectivity index (χ2n) is 5.17. The number of hydrogen-bond donors (Lipinski definition) is 1. The first-order valence-corrected chi connectivity index (χ1v) is 8.69. The van der Waals surface area contributed by atoms with Crippen LogP contribution >= 0.6 is 0 Å². The Labute approximate surface area is 136 Å². The van der Waals surface area contributed by atoms with Gasteiger partial charge in [-0.2, -0.15) is 0 Å². The van der Waals surface area contributed by atoms with Crippen molar-refractivity contribution in [2.24, 2.45) is 0 Å². The van der Waals surface area contributed by atoms with Crippen LogP contribution in [0.2, 0.25) is 0 Å². The molecule has 0 fully saturated rings. The molecule has 0 radical (unpaired) electrons. The number of esters is 1. The minimum absolute atomic E-state index is 0.243. The molecule has 0 unspecified atom stereocenters. The van der Waals surface area contributed by atoms with Crippen molar-refractivity contribution in [3.05, 3.63) is 59.2 Å². The van der Waals surface area contributed by atoms with Crippen LogP contribution in [-0.2, 0) is 14.8 Å². The highest BCUT2D eigenvalue weighted by Gasteiger charge is 2.17. The molecule has 0 aromatic heterocycles. The summed E-state index contributed by atoms with van der Waals surface area (Å²) >= 11 is 0. The number of benzene rings is 2. The summed E-state index contributed by atoms with van der Waals surface area (Å²) in [5.41, 5.74) is 2.31. The SMILES string of the molecule is CCOC(=O)c1ccc(NS(=O)(=O)c2cc(C)ccc2C)cc1. The molecule has 0 amide bonds. The van der Waals surface area contributed by atoms with Gasteiger partial charge in [-0.15, -0.1) is 0 Å². The molecule has 122 valence electrons. The number of sulfonamides is 1. The Morgan fingerprint density at radius 3 is 2.35 bits per heavy atom. The Balaban J connectivity index is 2.24. The van der Waals surface area contributed by atoms with E-state index < -0.39 is 16.0 Å². The summed E-state index contributed by atoms with van der Waals surface area (Å²) in [4.78, 5) is 11.8. The van der Waals surface area contributed by atoms with Crippen LogP contribution in [-0.4, -0.2) is 21.0 Å². The Hall–Kier alpha value is -2.34. The molecule has 0 aliphatic rings. The van der Waals surface area contributed by atoms with Gasteiger partial charge in [0.15, 0.2) is 0 Å². The maximum absolute atomic E-state index is 12.5. The first-order valence-electron chi connectivity index (χ1n) is 7.21. The third kappa shape index (κ3) is 4.10. The van der Waals surface area contributed by atoms with Gasteiger partial charge in [0, 0.05) is 5.69 Å². The second-order valence-corrected chi connectivity index (χ2v) is 6.82. The minimum Gasteiger partial charge on any atom is -0.462 e. The van der Waals surface area contributed by atoms with Crippen molar-refractivity contribution in [1.29, 1.82) is 0 Å².